The quantitative estimate of drug-likeness (QED) is 0.706. The molecule has 1 heterocycles. The first-order valence-electron chi connectivity index (χ1n) is 5.92. The predicted octanol–water partition coefficient (Wildman–Crippen LogP) is 4.17. The van der Waals surface area contributed by atoms with E-state index >= 15 is 0 Å². The fourth-order valence-corrected chi connectivity index (χ4v) is 2.69. The van der Waals surface area contributed by atoms with Crippen molar-refractivity contribution in [2.75, 3.05) is 5.73 Å². The van der Waals surface area contributed by atoms with E-state index in [-0.39, 0.29) is 5.82 Å². The summed E-state index contributed by atoms with van der Waals surface area (Å²) in [5.74, 6) is -0.267. The van der Waals surface area contributed by atoms with Gasteiger partial charge in [0.15, 0.2) is 0 Å². The summed E-state index contributed by atoms with van der Waals surface area (Å²) in [6.45, 7) is 0.492. The first-order valence-corrected chi connectivity index (χ1v) is 6.72. The van der Waals surface area contributed by atoms with Crippen molar-refractivity contribution in [3.8, 4) is 0 Å². The first kappa shape index (κ1) is 12.2. The fraction of sp³-hybridized carbons (Fsp3) is 0.0667. The minimum Gasteiger partial charge on any atom is -0.399 e. The third kappa shape index (κ3) is 2.24. The van der Waals surface area contributed by atoms with Gasteiger partial charge in [0.1, 0.15) is 5.82 Å². The van der Waals surface area contributed by atoms with E-state index in [4.69, 9.17) is 5.73 Å². The largest absolute Gasteiger partial charge is 0.399 e. The Hall–Kier alpha value is -1.81. The zero-order chi connectivity index (χ0) is 13.4. The highest BCUT2D eigenvalue weighted by Crippen LogP contribution is 2.25. The molecule has 96 valence electrons. The summed E-state index contributed by atoms with van der Waals surface area (Å²) >= 11 is 3.52. The van der Waals surface area contributed by atoms with Crippen LogP contribution in [0.2, 0.25) is 0 Å². The average molecular weight is 319 g/mol. The van der Waals surface area contributed by atoms with Gasteiger partial charge in [0.2, 0.25) is 0 Å². The highest BCUT2D eigenvalue weighted by molar-refractivity contribution is 9.10. The van der Waals surface area contributed by atoms with E-state index in [1.165, 1.54) is 6.07 Å². The van der Waals surface area contributed by atoms with E-state index in [9.17, 15) is 4.39 Å². The first-order chi connectivity index (χ1) is 9.15. The molecular weight excluding hydrogens is 307 g/mol. The van der Waals surface area contributed by atoms with Crippen LogP contribution in [-0.2, 0) is 6.54 Å². The van der Waals surface area contributed by atoms with Crippen molar-refractivity contribution < 1.29 is 4.39 Å². The summed E-state index contributed by atoms with van der Waals surface area (Å²) in [6, 6.07) is 12.8. The minimum absolute atomic E-state index is 0.267. The Labute approximate surface area is 118 Å². The summed E-state index contributed by atoms with van der Waals surface area (Å²) < 4.78 is 16.9. The Morgan fingerprint density at radius 2 is 2.00 bits per heavy atom. The Balaban J connectivity index is 2.04. The topological polar surface area (TPSA) is 30.9 Å². The summed E-state index contributed by atoms with van der Waals surface area (Å²) in [7, 11) is 0. The van der Waals surface area contributed by atoms with Crippen molar-refractivity contribution in [3.63, 3.8) is 0 Å². The van der Waals surface area contributed by atoms with Crippen LogP contribution in [0.3, 0.4) is 0 Å². The number of hydrogen-bond donors (Lipinski definition) is 1. The van der Waals surface area contributed by atoms with Crippen LogP contribution in [0.25, 0.3) is 10.9 Å². The molecular formula is C15H12BrFN2. The lowest BCUT2D eigenvalue weighted by molar-refractivity contribution is 0.603. The lowest BCUT2D eigenvalue weighted by Gasteiger charge is -2.08. The number of hydrogen-bond acceptors (Lipinski definition) is 1. The van der Waals surface area contributed by atoms with Crippen molar-refractivity contribution in [1.29, 1.82) is 0 Å². The molecule has 2 aromatic carbocycles. The molecule has 0 aliphatic carbocycles. The molecule has 0 aliphatic rings. The van der Waals surface area contributed by atoms with Gasteiger partial charge in [0, 0.05) is 32.8 Å². The standard InChI is InChI=1S/C15H12BrFN2/c16-13-2-1-3-15-12(13)6-7-19(15)9-10-4-5-11(18)8-14(10)17/h1-8H,9,18H2. The van der Waals surface area contributed by atoms with Crippen molar-refractivity contribution in [2.45, 2.75) is 6.54 Å². The zero-order valence-corrected chi connectivity index (χ0v) is 11.7. The van der Waals surface area contributed by atoms with Gasteiger partial charge < -0.3 is 10.3 Å². The van der Waals surface area contributed by atoms with Crippen LogP contribution in [0.1, 0.15) is 5.56 Å². The minimum atomic E-state index is -0.267. The molecule has 0 aliphatic heterocycles. The van der Waals surface area contributed by atoms with Crippen LogP contribution in [0.15, 0.2) is 53.1 Å². The van der Waals surface area contributed by atoms with Crippen LogP contribution in [0.4, 0.5) is 10.1 Å². The van der Waals surface area contributed by atoms with Crippen LogP contribution < -0.4 is 5.73 Å². The summed E-state index contributed by atoms with van der Waals surface area (Å²) in [5.41, 5.74) is 7.71. The number of nitrogens with two attached hydrogens (primary N) is 1. The Bertz CT molecular complexity index is 749. The van der Waals surface area contributed by atoms with Crippen LogP contribution in [-0.4, -0.2) is 4.57 Å². The lowest BCUT2D eigenvalue weighted by Crippen LogP contribution is -2.01. The smallest absolute Gasteiger partial charge is 0.130 e. The molecule has 0 bridgehead atoms. The molecule has 0 fully saturated rings. The maximum absolute atomic E-state index is 13.8. The molecule has 0 atom stereocenters. The third-order valence-electron chi connectivity index (χ3n) is 3.18. The number of rotatable bonds is 2. The monoisotopic (exact) mass is 318 g/mol. The SMILES string of the molecule is Nc1ccc(Cn2ccc3c(Br)cccc32)c(F)c1. The van der Waals surface area contributed by atoms with Gasteiger partial charge in [0.05, 0.1) is 6.54 Å². The van der Waals surface area contributed by atoms with Gasteiger partial charge >= 0.3 is 0 Å². The summed E-state index contributed by atoms with van der Waals surface area (Å²) in [5, 5.41) is 1.12. The predicted molar refractivity (Wildman–Crippen MR) is 79.6 cm³/mol. The molecule has 3 rings (SSSR count). The second-order valence-electron chi connectivity index (χ2n) is 4.47. The van der Waals surface area contributed by atoms with E-state index in [0.29, 0.717) is 17.8 Å². The number of anilines is 1. The Morgan fingerprint density at radius 3 is 2.79 bits per heavy atom. The maximum Gasteiger partial charge on any atom is 0.130 e. The summed E-state index contributed by atoms with van der Waals surface area (Å²) in [4.78, 5) is 0. The molecule has 0 amide bonds. The molecule has 0 saturated heterocycles. The van der Waals surface area contributed by atoms with Gasteiger partial charge in [-0.3, -0.25) is 0 Å². The molecule has 2 N–H and O–H groups in total. The number of nitrogen functional groups attached to an aromatic ring is 1. The molecule has 0 spiro atoms. The van der Waals surface area contributed by atoms with Gasteiger partial charge in [-0.15, -0.1) is 0 Å². The van der Waals surface area contributed by atoms with E-state index < -0.39 is 0 Å². The molecule has 2 nitrogen and oxygen atoms in total. The number of nitrogens with zero attached hydrogens (tertiary/aromatic N) is 1. The van der Waals surface area contributed by atoms with Crippen LogP contribution in [0.5, 0.6) is 0 Å². The molecule has 19 heavy (non-hydrogen) atoms. The van der Waals surface area contributed by atoms with E-state index in [1.807, 2.05) is 35.0 Å². The van der Waals surface area contributed by atoms with E-state index in [2.05, 4.69) is 15.9 Å². The van der Waals surface area contributed by atoms with E-state index in [0.717, 1.165) is 15.4 Å². The molecule has 4 heteroatoms. The van der Waals surface area contributed by atoms with Gasteiger partial charge in [-0.05, 0) is 30.3 Å². The van der Waals surface area contributed by atoms with Gasteiger partial charge in [-0.25, -0.2) is 4.39 Å². The molecule has 3 aromatic rings. The number of fused-ring (bicyclic) bond motifs is 1. The lowest BCUT2D eigenvalue weighted by atomic mass is 10.2. The second-order valence-corrected chi connectivity index (χ2v) is 5.32. The molecule has 0 unspecified atom stereocenters. The normalized spacial score (nSPS) is 11.1. The number of benzene rings is 2. The summed E-state index contributed by atoms with van der Waals surface area (Å²) in [6.07, 6.45) is 1.96. The van der Waals surface area contributed by atoms with Crippen molar-refractivity contribution in [2.24, 2.45) is 0 Å². The third-order valence-corrected chi connectivity index (χ3v) is 3.87. The maximum atomic E-state index is 13.8. The van der Waals surface area contributed by atoms with Crippen molar-refractivity contribution >= 4 is 32.5 Å². The van der Waals surface area contributed by atoms with Gasteiger partial charge in [-0.2, -0.15) is 0 Å². The molecule has 1 aromatic heterocycles. The fourth-order valence-electron chi connectivity index (χ4n) is 2.20. The van der Waals surface area contributed by atoms with Crippen molar-refractivity contribution in [1.82, 2.24) is 4.57 Å². The van der Waals surface area contributed by atoms with Gasteiger partial charge in [-0.1, -0.05) is 28.1 Å². The van der Waals surface area contributed by atoms with Crippen LogP contribution >= 0.6 is 15.9 Å². The van der Waals surface area contributed by atoms with E-state index in [1.54, 1.807) is 12.1 Å². The van der Waals surface area contributed by atoms with Gasteiger partial charge in [0.25, 0.3) is 0 Å². The highest BCUT2D eigenvalue weighted by Gasteiger charge is 2.07. The molecule has 0 radical (unpaired) electrons. The van der Waals surface area contributed by atoms with Crippen molar-refractivity contribution in [3.05, 3.63) is 64.5 Å². The highest BCUT2D eigenvalue weighted by atomic mass is 79.9. The average Bonchev–Trinajstić information content (AvgIpc) is 2.78. The molecule has 0 saturated carbocycles. The number of aromatic nitrogens is 1. The number of halogens is 2. The Kier molecular flexibility index (Phi) is 3.03. The van der Waals surface area contributed by atoms with Crippen LogP contribution in [0, 0.1) is 5.82 Å². The second kappa shape index (κ2) is 4.70. The zero-order valence-electron chi connectivity index (χ0n) is 10.1. The Morgan fingerprint density at radius 1 is 1.16 bits per heavy atom.